The maximum atomic E-state index is 13.5. The molecule has 0 saturated carbocycles. The van der Waals surface area contributed by atoms with E-state index in [0.717, 1.165) is 27.5 Å². The summed E-state index contributed by atoms with van der Waals surface area (Å²) in [5.74, 6) is -1.92. The molecule has 1 atom stereocenters. The van der Waals surface area contributed by atoms with Crippen LogP contribution in [0, 0.1) is 11.8 Å². The van der Waals surface area contributed by atoms with Gasteiger partial charge in [-0.05, 0) is 31.4 Å². The minimum Gasteiger partial charge on any atom is -0.293 e. The minimum atomic E-state index is -4.72. The van der Waals surface area contributed by atoms with Gasteiger partial charge in [0.1, 0.15) is 5.92 Å². The van der Waals surface area contributed by atoms with Gasteiger partial charge in [-0.25, -0.2) is 4.98 Å². The molecule has 0 aliphatic carbocycles. The fraction of sp³-hybridized carbons (Fsp3) is 0.444. The Morgan fingerprint density at radius 1 is 1.33 bits per heavy atom. The van der Waals surface area contributed by atoms with Crippen LogP contribution in [0.5, 0.6) is 0 Å². The Morgan fingerprint density at radius 2 is 2.04 bits per heavy atom. The molecule has 27 heavy (non-hydrogen) atoms. The fourth-order valence-electron chi connectivity index (χ4n) is 2.73. The number of para-hydroxylation sites is 1. The molecule has 0 radical (unpaired) electrons. The van der Waals surface area contributed by atoms with E-state index in [9.17, 15) is 18.0 Å². The number of nitrogens with zero attached hydrogens (tertiary/aromatic N) is 4. The van der Waals surface area contributed by atoms with Crippen molar-refractivity contribution in [1.29, 1.82) is 0 Å². The van der Waals surface area contributed by atoms with Crippen molar-refractivity contribution in [1.82, 2.24) is 4.98 Å². The molecule has 144 valence electrons. The van der Waals surface area contributed by atoms with E-state index >= 15 is 0 Å². The highest BCUT2D eigenvalue weighted by Crippen LogP contribution is 2.36. The molecule has 0 fully saturated rings. The predicted octanol–water partition coefficient (Wildman–Crippen LogP) is 4.68. The van der Waals surface area contributed by atoms with E-state index < -0.39 is 23.7 Å². The van der Waals surface area contributed by atoms with Crippen LogP contribution in [0.3, 0.4) is 0 Å². The number of hydrazone groups is 1. The zero-order valence-electron chi connectivity index (χ0n) is 15.1. The Labute approximate surface area is 158 Å². The van der Waals surface area contributed by atoms with Gasteiger partial charge in [0.15, 0.2) is 5.71 Å². The van der Waals surface area contributed by atoms with Crippen LogP contribution in [0.4, 0.5) is 18.3 Å². The standard InChI is InChI=1S/C18H19F3N4OS/c1-10(2)8-9-22-11(3)14-15(18(19,20)21)24-25(16(14)26)17-23-12-6-4-5-7-13(12)27-17/h4-7,10,14H,8-9H2,1-3H3. The Balaban J connectivity index is 1.95. The third kappa shape index (κ3) is 4.02. The first kappa shape index (κ1) is 19.5. The van der Waals surface area contributed by atoms with Crippen LogP contribution >= 0.6 is 11.3 Å². The minimum absolute atomic E-state index is 0.125. The number of fused-ring (bicyclic) bond motifs is 1. The summed E-state index contributed by atoms with van der Waals surface area (Å²) in [7, 11) is 0. The highest BCUT2D eigenvalue weighted by molar-refractivity contribution is 7.22. The molecule has 3 rings (SSSR count). The molecule has 1 aromatic carbocycles. The summed E-state index contributed by atoms with van der Waals surface area (Å²) in [6, 6.07) is 7.10. The number of carbonyl (C=O) groups excluding carboxylic acids is 1. The lowest BCUT2D eigenvalue weighted by Crippen LogP contribution is -2.37. The first-order valence-corrected chi connectivity index (χ1v) is 9.36. The molecule has 2 heterocycles. The third-order valence-corrected chi connectivity index (χ3v) is 5.19. The molecule has 5 nitrogen and oxygen atoms in total. The second-order valence-electron chi connectivity index (χ2n) is 6.74. The summed E-state index contributed by atoms with van der Waals surface area (Å²) >= 11 is 1.13. The third-order valence-electron chi connectivity index (χ3n) is 4.18. The number of halogens is 3. The van der Waals surface area contributed by atoms with E-state index in [0.29, 0.717) is 18.0 Å². The maximum Gasteiger partial charge on any atom is 0.432 e. The summed E-state index contributed by atoms with van der Waals surface area (Å²) in [5.41, 5.74) is -0.405. The van der Waals surface area contributed by atoms with Crippen molar-refractivity contribution in [2.24, 2.45) is 21.9 Å². The number of alkyl halides is 3. The quantitative estimate of drug-likeness (QED) is 0.689. The SMILES string of the molecule is CC(=NCCC(C)C)C1C(=O)N(c2nc3ccccc3s2)N=C1C(F)(F)F. The number of rotatable bonds is 5. The zero-order valence-corrected chi connectivity index (χ0v) is 15.9. The van der Waals surface area contributed by atoms with Crippen molar-refractivity contribution < 1.29 is 18.0 Å². The van der Waals surface area contributed by atoms with Gasteiger partial charge in [-0.1, -0.05) is 37.3 Å². The van der Waals surface area contributed by atoms with Gasteiger partial charge in [-0.3, -0.25) is 9.79 Å². The number of amides is 1. The maximum absolute atomic E-state index is 13.5. The van der Waals surface area contributed by atoms with Crippen LogP contribution in [0.25, 0.3) is 10.2 Å². The number of anilines is 1. The Bertz CT molecular complexity index is 884. The first-order valence-electron chi connectivity index (χ1n) is 8.54. The van der Waals surface area contributed by atoms with Crippen molar-refractivity contribution in [3.05, 3.63) is 24.3 Å². The lowest BCUT2D eigenvalue weighted by Gasteiger charge is -2.14. The van der Waals surface area contributed by atoms with E-state index in [1.54, 1.807) is 24.3 Å². The molecule has 1 aromatic heterocycles. The summed E-state index contributed by atoms with van der Waals surface area (Å²) in [5, 5.41) is 4.48. The topological polar surface area (TPSA) is 57.9 Å². The van der Waals surface area contributed by atoms with Gasteiger partial charge in [0.25, 0.3) is 5.91 Å². The molecule has 0 N–H and O–H groups in total. The zero-order chi connectivity index (χ0) is 19.8. The van der Waals surface area contributed by atoms with Crippen molar-refractivity contribution in [3.8, 4) is 0 Å². The van der Waals surface area contributed by atoms with E-state index in [1.165, 1.54) is 6.92 Å². The van der Waals surface area contributed by atoms with Crippen molar-refractivity contribution in [3.63, 3.8) is 0 Å². The lowest BCUT2D eigenvalue weighted by molar-refractivity contribution is -0.119. The lowest BCUT2D eigenvalue weighted by atomic mass is 9.97. The molecule has 1 unspecified atom stereocenters. The van der Waals surface area contributed by atoms with Gasteiger partial charge < -0.3 is 0 Å². The molecule has 1 aliphatic rings. The molecule has 9 heteroatoms. The first-order chi connectivity index (χ1) is 12.7. The summed E-state index contributed by atoms with van der Waals surface area (Å²) in [6.45, 7) is 5.83. The van der Waals surface area contributed by atoms with Crippen LogP contribution in [0.15, 0.2) is 34.4 Å². The fourth-order valence-corrected chi connectivity index (χ4v) is 3.65. The number of thiazole rings is 1. The van der Waals surface area contributed by atoms with E-state index in [-0.39, 0.29) is 10.8 Å². The van der Waals surface area contributed by atoms with Crippen LogP contribution in [0.2, 0.25) is 0 Å². The largest absolute Gasteiger partial charge is 0.432 e. The molecule has 1 amide bonds. The monoisotopic (exact) mass is 396 g/mol. The number of hydrogen-bond acceptors (Lipinski definition) is 5. The average Bonchev–Trinajstić information content (AvgIpc) is 3.14. The van der Waals surface area contributed by atoms with Crippen molar-refractivity contribution >= 4 is 44.0 Å². The normalized spacial score (nSPS) is 18.7. The van der Waals surface area contributed by atoms with E-state index in [4.69, 9.17) is 0 Å². The molecule has 0 bridgehead atoms. The summed E-state index contributed by atoms with van der Waals surface area (Å²) in [4.78, 5) is 21.2. The second-order valence-corrected chi connectivity index (χ2v) is 7.74. The average molecular weight is 396 g/mol. The molecular weight excluding hydrogens is 377 g/mol. The molecular formula is C18H19F3N4OS. The predicted molar refractivity (Wildman–Crippen MR) is 102 cm³/mol. The number of benzene rings is 1. The van der Waals surface area contributed by atoms with E-state index in [1.807, 2.05) is 13.8 Å². The molecule has 0 spiro atoms. The van der Waals surface area contributed by atoms with Gasteiger partial charge >= 0.3 is 6.18 Å². The number of hydrogen-bond donors (Lipinski definition) is 0. The van der Waals surface area contributed by atoms with Gasteiger partial charge in [-0.2, -0.15) is 23.3 Å². The van der Waals surface area contributed by atoms with Gasteiger partial charge in [0.2, 0.25) is 5.13 Å². The van der Waals surface area contributed by atoms with E-state index in [2.05, 4.69) is 15.1 Å². The highest BCUT2D eigenvalue weighted by Gasteiger charge is 2.52. The number of carbonyl (C=O) groups is 1. The van der Waals surface area contributed by atoms with Crippen LogP contribution in [-0.4, -0.2) is 35.0 Å². The molecule has 1 aliphatic heterocycles. The Kier molecular flexibility index (Phi) is 5.32. The van der Waals surface area contributed by atoms with Crippen molar-refractivity contribution in [2.45, 2.75) is 33.4 Å². The summed E-state index contributed by atoms with van der Waals surface area (Å²) < 4.78 is 41.3. The molecule has 2 aromatic rings. The van der Waals surface area contributed by atoms with Crippen LogP contribution in [-0.2, 0) is 4.79 Å². The van der Waals surface area contributed by atoms with Gasteiger partial charge in [0.05, 0.1) is 10.2 Å². The van der Waals surface area contributed by atoms with Gasteiger partial charge in [0, 0.05) is 12.3 Å². The molecule has 0 saturated heterocycles. The van der Waals surface area contributed by atoms with Gasteiger partial charge in [-0.15, -0.1) is 0 Å². The number of aliphatic imine (C=N–C) groups is 1. The van der Waals surface area contributed by atoms with Crippen LogP contribution < -0.4 is 5.01 Å². The smallest absolute Gasteiger partial charge is 0.293 e. The van der Waals surface area contributed by atoms with Crippen LogP contribution in [0.1, 0.15) is 27.2 Å². The number of aromatic nitrogens is 1. The highest BCUT2D eigenvalue weighted by atomic mass is 32.1. The van der Waals surface area contributed by atoms with Crippen molar-refractivity contribution in [2.75, 3.05) is 11.6 Å². The second kappa shape index (κ2) is 7.38. The Hall–Kier alpha value is -2.29. The Morgan fingerprint density at radius 3 is 2.67 bits per heavy atom. The summed E-state index contributed by atoms with van der Waals surface area (Å²) in [6.07, 6.45) is -3.99.